The molecule has 2 amide bonds. The van der Waals surface area contributed by atoms with Gasteiger partial charge in [-0.05, 0) is 58.2 Å². The summed E-state index contributed by atoms with van der Waals surface area (Å²) in [6.07, 6.45) is 0. The number of carbonyl (C=O) groups is 2. The Morgan fingerprint density at radius 3 is 2.32 bits per heavy atom. The minimum absolute atomic E-state index is 0.0140. The molecule has 0 saturated carbocycles. The van der Waals surface area contributed by atoms with Gasteiger partial charge in [-0.15, -0.1) is 0 Å². The molecule has 0 fully saturated rings. The van der Waals surface area contributed by atoms with Crippen molar-refractivity contribution in [2.24, 2.45) is 0 Å². The molecular weight excluding hydrogens is 441 g/mol. The summed E-state index contributed by atoms with van der Waals surface area (Å²) in [4.78, 5) is 26.7. The van der Waals surface area contributed by atoms with E-state index in [4.69, 9.17) is 32.7 Å². The Morgan fingerprint density at radius 2 is 1.68 bits per heavy atom. The van der Waals surface area contributed by atoms with Crippen LogP contribution in [0.4, 0.5) is 11.4 Å². The second-order valence-electron chi connectivity index (χ2n) is 6.78. The molecule has 0 saturated heterocycles. The van der Waals surface area contributed by atoms with E-state index in [-0.39, 0.29) is 18.4 Å². The lowest BCUT2D eigenvalue weighted by Crippen LogP contribution is -2.43. The van der Waals surface area contributed by atoms with E-state index in [1.165, 1.54) is 0 Å². The molecule has 168 valence electrons. The molecule has 0 aromatic heterocycles. The quantitative estimate of drug-likeness (QED) is 0.529. The largest absolute Gasteiger partial charge is 0.490 e. The van der Waals surface area contributed by atoms with Gasteiger partial charge in [0.2, 0.25) is 11.8 Å². The molecule has 1 unspecified atom stereocenters. The smallest absolute Gasteiger partial charge is 0.241 e. The van der Waals surface area contributed by atoms with E-state index < -0.39 is 6.04 Å². The first-order chi connectivity index (χ1) is 14.7. The van der Waals surface area contributed by atoms with Crippen molar-refractivity contribution in [3.63, 3.8) is 0 Å². The molecule has 0 radical (unpaired) electrons. The van der Waals surface area contributed by atoms with Crippen molar-refractivity contribution < 1.29 is 19.1 Å². The number of amides is 2. The van der Waals surface area contributed by atoms with Gasteiger partial charge in [0.25, 0.3) is 0 Å². The summed E-state index contributed by atoms with van der Waals surface area (Å²) in [5.41, 5.74) is 1.04. The van der Waals surface area contributed by atoms with Crippen molar-refractivity contribution in [3.8, 4) is 11.5 Å². The van der Waals surface area contributed by atoms with Crippen LogP contribution in [-0.4, -0.2) is 49.6 Å². The lowest BCUT2D eigenvalue weighted by Gasteiger charge is -2.23. The molecule has 0 aliphatic carbocycles. The summed E-state index contributed by atoms with van der Waals surface area (Å²) in [6.45, 7) is 6.47. The molecule has 0 heterocycles. The number of benzene rings is 2. The van der Waals surface area contributed by atoms with Crippen LogP contribution in [0.25, 0.3) is 0 Å². The van der Waals surface area contributed by atoms with Crippen molar-refractivity contribution in [2.75, 3.05) is 37.4 Å². The van der Waals surface area contributed by atoms with Crippen molar-refractivity contribution in [2.45, 2.75) is 26.8 Å². The number of rotatable bonds is 10. The summed E-state index contributed by atoms with van der Waals surface area (Å²) in [6, 6.07) is 9.45. The first-order valence-corrected chi connectivity index (χ1v) is 10.7. The predicted molar refractivity (Wildman–Crippen MR) is 125 cm³/mol. The lowest BCUT2D eigenvalue weighted by molar-refractivity contribution is -0.122. The summed E-state index contributed by atoms with van der Waals surface area (Å²) in [5.74, 6) is 0.617. The van der Waals surface area contributed by atoms with Gasteiger partial charge in [0.1, 0.15) is 0 Å². The van der Waals surface area contributed by atoms with Crippen LogP contribution in [0.2, 0.25) is 10.0 Å². The first-order valence-electron chi connectivity index (χ1n) is 9.90. The topological polar surface area (TPSA) is 79.9 Å². The molecule has 0 bridgehead atoms. The maximum absolute atomic E-state index is 12.5. The number of anilines is 2. The van der Waals surface area contributed by atoms with Crippen molar-refractivity contribution in [1.82, 2.24) is 4.90 Å². The monoisotopic (exact) mass is 467 g/mol. The Balaban J connectivity index is 1.96. The highest BCUT2D eigenvalue weighted by atomic mass is 35.5. The summed E-state index contributed by atoms with van der Waals surface area (Å²) in [5, 5.41) is 6.38. The lowest BCUT2D eigenvalue weighted by atomic mass is 10.2. The van der Waals surface area contributed by atoms with Crippen LogP contribution < -0.4 is 20.1 Å². The van der Waals surface area contributed by atoms with Gasteiger partial charge in [-0.1, -0.05) is 23.2 Å². The third-order valence-electron chi connectivity index (χ3n) is 4.45. The van der Waals surface area contributed by atoms with Gasteiger partial charge in [-0.2, -0.15) is 0 Å². The van der Waals surface area contributed by atoms with Gasteiger partial charge >= 0.3 is 0 Å². The van der Waals surface area contributed by atoms with Crippen molar-refractivity contribution in [1.29, 1.82) is 0 Å². The van der Waals surface area contributed by atoms with Crippen molar-refractivity contribution in [3.05, 3.63) is 46.4 Å². The SMILES string of the molecule is CCOc1ccc(NC(=O)CN(C)C(C)C(=O)Nc2ccc(Cl)cc2Cl)cc1OCC. The molecule has 0 aliphatic heterocycles. The third-order valence-corrected chi connectivity index (χ3v) is 5.00. The fourth-order valence-corrected chi connectivity index (χ4v) is 3.18. The Kier molecular flexibility index (Phi) is 9.43. The van der Waals surface area contributed by atoms with E-state index >= 15 is 0 Å². The summed E-state index contributed by atoms with van der Waals surface area (Å²) < 4.78 is 11.1. The molecule has 1 atom stereocenters. The number of likely N-dealkylation sites (N-methyl/N-ethyl adjacent to an activating group) is 1. The maximum atomic E-state index is 12.5. The van der Waals surface area contributed by atoms with Crippen LogP contribution in [0, 0.1) is 0 Å². The highest BCUT2D eigenvalue weighted by molar-refractivity contribution is 6.36. The molecule has 0 spiro atoms. The third kappa shape index (κ3) is 7.31. The Labute approximate surface area is 192 Å². The highest BCUT2D eigenvalue weighted by Gasteiger charge is 2.21. The van der Waals surface area contributed by atoms with E-state index in [0.717, 1.165) is 0 Å². The Bertz CT molecular complexity index is 924. The normalized spacial score (nSPS) is 11.7. The molecule has 2 N–H and O–H groups in total. The van der Waals surface area contributed by atoms with E-state index in [1.807, 2.05) is 13.8 Å². The maximum Gasteiger partial charge on any atom is 0.241 e. The average Bonchev–Trinajstić information content (AvgIpc) is 2.71. The van der Waals surface area contributed by atoms with Gasteiger partial charge < -0.3 is 20.1 Å². The van der Waals surface area contributed by atoms with Gasteiger partial charge in [0.15, 0.2) is 11.5 Å². The number of nitrogens with one attached hydrogen (secondary N) is 2. The van der Waals surface area contributed by atoms with Gasteiger partial charge in [-0.25, -0.2) is 0 Å². The van der Waals surface area contributed by atoms with Crippen LogP contribution >= 0.6 is 23.2 Å². The van der Waals surface area contributed by atoms with Gasteiger partial charge in [0, 0.05) is 16.8 Å². The van der Waals surface area contributed by atoms with Crippen LogP contribution in [-0.2, 0) is 9.59 Å². The minimum atomic E-state index is -0.572. The number of carbonyl (C=O) groups excluding carboxylic acids is 2. The molecule has 2 aromatic carbocycles. The number of hydrogen-bond acceptors (Lipinski definition) is 5. The van der Waals surface area contributed by atoms with Gasteiger partial charge in [0.05, 0.1) is 36.5 Å². The summed E-state index contributed by atoms with van der Waals surface area (Å²) in [7, 11) is 1.69. The fourth-order valence-electron chi connectivity index (χ4n) is 2.72. The number of nitrogens with zero attached hydrogens (tertiary/aromatic N) is 1. The van der Waals surface area contributed by atoms with Crippen LogP contribution in [0.3, 0.4) is 0 Å². The molecule has 2 aromatic rings. The molecule has 9 heteroatoms. The molecule has 7 nitrogen and oxygen atoms in total. The molecule has 2 rings (SSSR count). The van der Waals surface area contributed by atoms with Gasteiger partial charge in [-0.3, -0.25) is 14.5 Å². The number of hydrogen-bond donors (Lipinski definition) is 2. The highest BCUT2D eigenvalue weighted by Crippen LogP contribution is 2.30. The zero-order valence-electron chi connectivity index (χ0n) is 18.0. The van der Waals surface area contributed by atoms with Crippen LogP contribution in [0.15, 0.2) is 36.4 Å². The molecular formula is C22H27Cl2N3O4. The van der Waals surface area contributed by atoms with Crippen LogP contribution in [0.1, 0.15) is 20.8 Å². The fraction of sp³-hybridized carbons (Fsp3) is 0.364. The van der Waals surface area contributed by atoms with Crippen molar-refractivity contribution >= 4 is 46.4 Å². The van der Waals surface area contributed by atoms with E-state index in [1.54, 1.807) is 55.3 Å². The second kappa shape index (κ2) is 11.8. The average molecular weight is 468 g/mol. The van der Waals surface area contributed by atoms with E-state index in [0.29, 0.717) is 46.1 Å². The Morgan fingerprint density at radius 1 is 1.00 bits per heavy atom. The van der Waals surface area contributed by atoms with E-state index in [9.17, 15) is 9.59 Å². The molecule has 31 heavy (non-hydrogen) atoms. The zero-order chi connectivity index (χ0) is 23.0. The molecule has 0 aliphatic rings. The minimum Gasteiger partial charge on any atom is -0.490 e. The number of ether oxygens (including phenoxy) is 2. The predicted octanol–water partition coefficient (Wildman–Crippen LogP) is 4.69. The van der Waals surface area contributed by atoms with Crippen LogP contribution in [0.5, 0.6) is 11.5 Å². The first kappa shape index (κ1) is 24.8. The Hall–Kier alpha value is -2.48. The number of halogens is 2. The summed E-state index contributed by atoms with van der Waals surface area (Å²) >= 11 is 12.0. The van der Waals surface area contributed by atoms with E-state index in [2.05, 4.69) is 10.6 Å². The second-order valence-corrected chi connectivity index (χ2v) is 7.62. The standard InChI is InChI=1S/C22H27Cl2N3O4/c1-5-30-19-10-8-16(12-20(19)31-6-2)25-21(28)13-27(4)14(3)22(29)26-18-9-7-15(23)11-17(18)24/h7-12,14H,5-6,13H2,1-4H3,(H,25,28)(H,26,29). The zero-order valence-corrected chi connectivity index (χ0v) is 19.5.